The van der Waals surface area contributed by atoms with Gasteiger partial charge >= 0.3 is 12.3 Å². The van der Waals surface area contributed by atoms with Crippen LogP contribution >= 0.6 is 11.3 Å². The maximum atomic E-state index is 12.2. The number of carbonyl (C=O) groups is 1. The zero-order valence-electron chi connectivity index (χ0n) is 10.2. The Hall–Kier alpha value is -2.02. The molecule has 0 amide bonds. The summed E-state index contributed by atoms with van der Waals surface area (Å²) in [7, 11) is 0. The SMILES string of the molecule is Cc1cc(C(=O)O)sc1-c1cccc(OC(F)(F)F)c1. The first-order valence-corrected chi connectivity index (χ1v) is 6.28. The van der Waals surface area contributed by atoms with Crippen LogP contribution in [0, 0.1) is 6.92 Å². The van der Waals surface area contributed by atoms with E-state index in [-0.39, 0.29) is 10.6 Å². The van der Waals surface area contributed by atoms with Crippen LogP contribution in [-0.4, -0.2) is 17.4 Å². The van der Waals surface area contributed by atoms with Crippen LogP contribution in [0.1, 0.15) is 15.2 Å². The number of rotatable bonds is 3. The molecule has 0 aliphatic rings. The largest absolute Gasteiger partial charge is 0.573 e. The summed E-state index contributed by atoms with van der Waals surface area (Å²) in [6.07, 6.45) is -4.75. The standard InChI is InChI=1S/C13H9F3O3S/c1-7-5-10(12(17)18)20-11(7)8-3-2-4-9(6-8)19-13(14,15)16/h2-6H,1H3,(H,17,18). The third-order valence-corrected chi connectivity index (χ3v) is 3.73. The van der Waals surface area contributed by atoms with E-state index in [0.717, 1.165) is 11.3 Å². The summed E-state index contributed by atoms with van der Waals surface area (Å²) in [6, 6.07) is 6.94. The van der Waals surface area contributed by atoms with Gasteiger partial charge in [0.2, 0.25) is 0 Å². The lowest BCUT2D eigenvalue weighted by Crippen LogP contribution is -2.17. The molecule has 1 aromatic carbocycles. The molecule has 0 aliphatic heterocycles. The Morgan fingerprint density at radius 2 is 2.00 bits per heavy atom. The minimum absolute atomic E-state index is 0.139. The van der Waals surface area contributed by atoms with Crippen molar-refractivity contribution >= 4 is 17.3 Å². The van der Waals surface area contributed by atoms with Gasteiger partial charge in [0.1, 0.15) is 10.6 Å². The van der Waals surface area contributed by atoms with Crippen LogP contribution < -0.4 is 4.74 Å². The van der Waals surface area contributed by atoms with E-state index in [2.05, 4.69) is 4.74 Å². The highest BCUT2D eigenvalue weighted by atomic mass is 32.1. The fraction of sp³-hybridized carbons (Fsp3) is 0.154. The van der Waals surface area contributed by atoms with E-state index in [4.69, 9.17) is 5.11 Å². The molecule has 20 heavy (non-hydrogen) atoms. The Morgan fingerprint density at radius 3 is 2.55 bits per heavy atom. The van der Waals surface area contributed by atoms with Crippen molar-refractivity contribution in [3.63, 3.8) is 0 Å². The van der Waals surface area contributed by atoms with Crippen LogP contribution in [-0.2, 0) is 0 Å². The topological polar surface area (TPSA) is 46.5 Å². The summed E-state index contributed by atoms with van der Waals surface area (Å²) in [5.74, 6) is -1.40. The van der Waals surface area contributed by atoms with Crippen molar-refractivity contribution in [1.29, 1.82) is 0 Å². The predicted octanol–water partition coefficient (Wildman–Crippen LogP) is 4.32. The maximum Gasteiger partial charge on any atom is 0.573 e. The number of thiophene rings is 1. The van der Waals surface area contributed by atoms with E-state index in [1.165, 1.54) is 24.3 Å². The second-order valence-corrected chi connectivity index (χ2v) is 5.06. The average Bonchev–Trinajstić information content (AvgIpc) is 2.69. The van der Waals surface area contributed by atoms with Crippen molar-refractivity contribution in [2.24, 2.45) is 0 Å². The zero-order valence-corrected chi connectivity index (χ0v) is 11.0. The van der Waals surface area contributed by atoms with Crippen LogP contribution in [0.2, 0.25) is 0 Å². The number of alkyl halides is 3. The lowest BCUT2D eigenvalue weighted by atomic mass is 10.1. The van der Waals surface area contributed by atoms with E-state index in [0.29, 0.717) is 16.0 Å². The van der Waals surface area contributed by atoms with Gasteiger partial charge in [0.15, 0.2) is 0 Å². The molecular weight excluding hydrogens is 293 g/mol. The summed E-state index contributed by atoms with van der Waals surface area (Å²) < 4.78 is 40.3. The molecule has 0 atom stereocenters. The van der Waals surface area contributed by atoms with Gasteiger partial charge in [0.25, 0.3) is 0 Å². The lowest BCUT2D eigenvalue weighted by molar-refractivity contribution is -0.274. The molecule has 3 nitrogen and oxygen atoms in total. The molecule has 0 fully saturated rings. The van der Waals surface area contributed by atoms with Crippen LogP contribution in [0.3, 0.4) is 0 Å². The molecule has 0 saturated heterocycles. The smallest absolute Gasteiger partial charge is 0.477 e. The second-order valence-electron chi connectivity index (χ2n) is 4.00. The van der Waals surface area contributed by atoms with E-state index in [1.807, 2.05) is 0 Å². The molecule has 0 radical (unpaired) electrons. The van der Waals surface area contributed by atoms with E-state index < -0.39 is 12.3 Å². The second kappa shape index (κ2) is 5.16. The molecule has 106 valence electrons. The highest BCUT2D eigenvalue weighted by Crippen LogP contribution is 2.35. The minimum atomic E-state index is -4.75. The summed E-state index contributed by atoms with van der Waals surface area (Å²) >= 11 is 1.01. The quantitative estimate of drug-likeness (QED) is 0.918. The number of carboxylic acids is 1. The summed E-state index contributed by atoms with van der Waals surface area (Å²) in [4.78, 5) is 11.6. The van der Waals surface area contributed by atoms with Crippen molar-refractivity contribution in [3.05, 3.63) is 40.8 Å². The number of hydrogen-bond donors (Lipinski definition) is 1. The summed E-state index contributed by atoms with van der Waals surface area (Å²) in [5, 5.41) is 8.91. The van der Waals surface area contributed by atoms with Gasteiger partial charge in [-0.1, -0.05) is 12.1 Å². The Labute approximate surface area is 116 Å². The normalized spacial score (nSPS) is 11.4. The van der Waals surface area contributed by atoms with Crippen molar-refractivity contribution in [1.82, 2.24) is 0 Å². The molecule has 2 aromatic rings. The molecule has 0 saturated carbocycles. The van der Waals surface area contributed by atoms with Gasteiger partial charge in [-0.3, -0.25) is 0 Å². The van der Waals surface area contributed by atoms with Gasteiger partial charge in [0.05, 0.1) is 0 Å². The van der Waals surface area contributed by atoms with Crippen LogP contribution in [0.5, 0.6) is 5.75 Å². The molecule has 2 rings (SSSR count). The lowest BCUT2D eigenvalue weighted by Gasteiger charge is -2.09. The van der Waals surface area contributed by atoms with Gasteiger partial charge in [-0.2, -0.15) is 0 Å². The molecule has 7 heteroatoms. The van der Waals surface area contributed by atoms with E-state index in [1.54, 1.807) is 13.0 Å². The number of aromatic carboxylic acids is 1. The monoisotopic (exact) mass is 302 g/mol. The van der Waals surface area contributed by atoms with Crippen molar-refractivity contribution in [3.8, 4) is 16.2 Å². The number of benzene rings is 1. The first-order valence-electron chi connectivity index (χ1n) is 5.46. The molecule has 1 heterocycles. The Morgan fingerprint density at radius 1 is 1.30 bits per heavy atom. The summed E-state index contributed by atoms with van der Waals surface area (Å²) in [5.41, 5.74) is 1.18. The average molecular weight is 302 g/mol. The Kier molecular flexibility index (Phi) is 3.71. The first kappa shape index (κ1) is 14.4. The highest BCUT2D eigenvalue weighted by Gasteiger charge is 2.31. The third kappa shape index (κ3) is 3.30. The number of hydrogen-bond acceptors (Lipinski definition) is 3. The Balaban J connectivity index is 2.38. The number of ether oxygens (including phenoxy) is 1. The van der Waals surface area contributed by atoms with Crippen LogP contribution in [0.4, 0.5) is 13.2 Å². The molecular formula is C13H9F3O3S. The van der Waals surface area contributed by atoms with Gasteiger partial charge in [0, 0.05) is 4.88 Å². The molecule has 1 N–H and O–H groups in total. The number of halogens is 3. The molecule has 0 aliphatic carbocycles. The van der Waals surface area contributed by atoms with Crippen molar-refractivity contribution < 1.29 is 27.8 Å². The highest BCUT2D eigenvalue weighted by molar-refractivity contribution is 7.17. The predicted molar refractivity (Wildman–Crippen MR) is 68.1 cm³/mol. The van der Waals surface area contributed by atoms with Gasteiger partial charge in [-0.05, 0) is 36.2 Å². The summed E-state index contributed by atoms with van der Waals surface area (Å²) in [6.45, 7) is 1.70. The van der Waals surface area contributed by atoms with Gasteiger partial charge in [-0.25, -0.2) is 4.79 Å². The fourth-order valence-electron chi connectivity index (χ4n) is 1.71. The van der Waals surface area contributed by atoms with Gasteiger partial charge in [-0.15, -0.1) is 24.5 Å². The fourth-order valence-corrected chi connectivity index (χ4v) is 2.72. The number of carboxylic acid groups (broad SMARTS) is 1. The maximum absolute atomic E-state index is 12.2. The minimum Gasteiger partial charge on any atom is -0.477 e. The molecule has 0 spiro atoms. The molecule has 0 unspecified atom stereocenters. The molecule has 1 aromatic heterocycles. The Bertz CT molecular complexity index is 647. The number of aryl methyl sites for hydroxylation is 1. The van der Waals surface area contributed by atoms with Crippen molar-refractivity contribution in [2.45, 2.75) is 13.3 Å². The van der Waals surface area contributed by atoms with Crippen LogP contribution in [0.25, 0.3) is 10.4 Å². The first-order chi connectivity index (χ1) is 9.26. The zero-order chi connectivity index (χ0) is 14.9. The van der Waals surface area contributed by atoms with Crippen molar-refractivity contribution in [2.75, 3.05) is 0 Å². The molecule has 0 bridgehead atoms. The van der Waals surface area contributed by atoms with Crippen LogP contribution in [0.15, 0.2) is 30.3 Å². The van der Waals surface area contributed by atoms with E-state index in [9.17, 15) is 18.0 Å². The van der Waals surface area contributed by atoms with E-state index >= 15 is 0 Å². The van der Waals surface area contributed by atoms with Gasteiger partial charge < -0.3 is 9.84 Å². The third-order valence-electron chi connectivity index (χ3n) is 2.46.